The van der Waals surface area contributed by atoms with Gasteiger partial charge in [-0.1, -0.05) is 12.1 Å². The highest BCUT2D eigenvalue weighted by Crippen LogP contribution is 2.21. The van der Waals surface area contributed by atoms with E-state index in [1.165, 1.54) is 0 Å². The highest BCUT2D eigenvalue weighted by Gasteiger charge is 2.21. The fourth-order valence-corrected chi connectivity index (χ4v) is 2.29. The molecule has 0 radical (unpaired) electrons. The highest BCUT2D eigenvalue weighted by molar-refractivity contribution is 5.98. The summed E-state index contributed by atoms with van der Waals surface area (Å²) in [5, 5.41) is 3.33. The van der Waals surface area contributed by atoms with Crippen molar-refractivity contribution in [2.24, 2.45) is 5.92 Å². The van der Waals surface area contributed by atoms with Gasteiger partial charge in [0.15, 0.2) is 5.78 Å². The van der Waals surface area contributed by atoms with Crippen molar-refractivity contribution in [2.45, 2.75) is 19.3 Å². The largest absolute Gasteiger partial charge is 0.497 e. The molecular formula is C14H19NO2. The molecule has 1 unspecified atom stereocenters. The molecule has 0 spiro atoms. The van der Waals surface area contributed by atoms with Crippen LogP contribution in [-0.4, -0.2) is 26.0 Å². The molecule has 0 bridgehead atoms. The van der Waals surface area contributed by atoms with Crippen LogP contribution in [0.15, 0.2) is 24.3 Å². The first-order chi connectivity index (χ1) is 8.31. The molecule has 1 aliphatic heterocycles. The number of benzene rings is 1. The first-order valence-corrected chi connectivity index (χ1v) is 6.20. The van der Waals surface area contributed by atoms with Crippen molar-refractivity contribution in [1.29, 1.82) is 0 Å². The van der Waals surface area contributed by atoms with Crippen molar-refractivity contribution in [3.8, 4) is 5.75 Å². The number of methoxy groups -OCH3 is 1. The minimum absolute atomic E-state index is 0.164. The molecule has 1 N–H and O–H groups in total. The lowest BCUT2D eigenvalue weighted by atomic mass is 9.91. The Bertz CT molecular complexity index is 382. The zero-order valence-electron chi connectivity index (χ0n) is 10.2. The Labute approximate surface area is 102 Å². The summed E-state index contributed by atoms with van der Waals surface area (Å²) < 4.78 is 5.15. The van der Waals surface area contributed by atoms with Crippen molar-refractivity contribution in [3.05, 3.63) is 29.8 Å². The van der Waals surface area contributed by atoms with E-state index in [9.17, 15) is 4.79 Å². The molecule has 92 valence electrons. The van der Waals surface area contributed by atoms with E-state index in [-0.39, 0.29) is 11.7 Å². The second-order valence-corrected chi connectivity index (χ2v) is 4.47. The van der Waals surface area contributed by atoms with Crippen molar-refractivity contribution >= 4 is 5.78 Å². The van der Waals surface area contributed by atoms with Crippen LogP contribution in [0.4, 0.5) is 0 Å². The van der Waals surface area contributed by atoms with E-state index < -0.39 is 0 Å². The zero-order chi connectivity index (χ0) is 12.1. The van der Waals surface area contributed by atoms with E-state index in [4.69, 9.17) is 4.74 Å². The number of hydrogen-bond acceptors (Lipinski definition) is 3. The van der Waals surface area contributed by atoms with Crippen LogP contribution in [-0.2, 0) is 0 Å². The Morgan fingerprint density at radius 1 is 1.35 bits per heavy atom. The Balaban J connectivity index is 2.11. The first-order valence-electron chi connectivity index (χ1n) is 6.20. The Morgan fingerprint density at radius 2 is 2.24 bits per heavy atom. The van der Waals surface area contributed by atoms with E-state index in [0.29, 0.717) is 0 Å². The molecule has 0 aromatic heterocycles. The topological polar surface area (TPSA) is 38.3 Å². The van der Waals surface area contributed by atoms with E-state index in [0.717, 1.165) is 43.7 Å². The summed E-state index contributed by atoms with van der Waals surface area (Å²) in [5.41, 5.74) is 0.774. The lowest BCUT2D eigenvalue weighted by Gasteiger charge is -2.12. The van der Waals surface area contributed by atoms with Crippen LogP contribution < -0.4 is 10.1 Å². The predicted octanol–water partition coefficient (Wildman–Crippen LogP) is 2.27. The second-order valence-electron chi connectivity index (χ2n) is 4.47. The monoisotopic (exact) mass is 233 g/mol. The predicted molar refractivity (Wildman–Crippen MR) is 67.5 cm³/mol. The van der Waals surface area contributed by atoms with Crippen molar-refractivity contribution in [3.63, 3.8) is 0 Å². The Hall–Kier alpha value is -1.35. The number of Topliss-reactive ketones (excluding diaryl/α,β-unsaturated/α-hetero) is 1. The third kappa shape index (κ3) is 3.07. The number of carbonyl (C=O) groups excluding carboxylic acids is 1. The molecule has 3 nitrogen and oxygen atoms in total. The average Bonchev–Trinajstić information content (AvgIpc) is 2.67. The van der Waals surface area contributed by atoms with Gasteiger partial charge in [0.1, 0.15) is 5.75 Å². The lowest BCUT2D eigenvalue weighted by molar-refractivity contribution is 0.0910. The summed E-state index contributed by atoms with van der Waals surface area (Å²) in [6, 6.07) is 7.45. The number of ketones is 1. The molecule has 3 heteroatoms. The number of carbonyl (C=O) groups is 1. The van der Waals surface area contributed by atoms with Crippen LogP contribution in [0.25, 0.3) is 0 Å². The normalized spacial score (nSPS) is 20.6. The van der Waals surface area contributed by atoms with Gasteiger partial charge in [0, 0.05) is 11.5 Å². The van der Waals surface area contributed by atoms with Crippen molar-refractivity contribution in [1.82, 2.24) is 5.32 Å². The summed E-state index contributed by atoms with van der Waals surface area (Å²) in [4.78, 5) is 12.3. The maximum Gasteiger partial charge on any atom is 0.166 e. The second kappa shape index (κ2) is 5.82. The van der Waals surface area contributed by atoms with Gasteiger partial charge in [-0.15, -0.1) is 0 Å². The Morgan fingerprint density at radius 3 is 3.06 bits per heavy atom. The smallest absolute Gasteiger partial charge is 0.166 e. The van der Waals surface area contributed by atoms with Gasteiger partial charge in [0.25, 0.3) is 0 Å². The van der Waals surface area contributed by atoms with Crippen molar-refractivity contribution < 1.29 is 9.53 Å². The van der Waals surface area contributed by atoms with E-state index in [1.54, 1.807) is 7.11 Å². The van der Waals surface area contributed by atoms with E-state index >= 15 is 0 Å². The lowest BCUT2D eigenvalue weighted by Crippen LogP contribution is -2.18. The number of ether oxygens (including phenoxy) is 1. The van der Waals surface area contributed by atoms with Gasteiger partial charge >= 0.3 is 0 Å². The van der Waals surface area contributed by atoms with Crippen LogP contribution in [0, 0.1) is 5.92 Å². The minimum atomic E-state index is 0.164. The third-order valence-corrected chi connectivity index (χ3v) is 3.30. The molecule has 17 heavy (non-hydrogen) atoms. The summed E-state index contributed by atoms with van der Waals surface area (Å²) in [5.74, 6) is 1.17. The zero-order valence-corrected chi connectivity index (χ0v) is 10.2. The third-order valence-electron chi connectivity index (χ3n) is 3.30. The van der Waals surface area contributed by atoms with Crippen LogP contribution in [0.5, 0.6) is 5.75 Å². The SMILES string of the molecule is COc1cccc(C(=O)C2CCCNCC2)c1. The van der Waals surface area contributed by atoms with Crippen LogP contribution in [0.3, 0.4) is 0 Å². The molecule has 1 fully saturated rings. The van der Waals surface area contributed by atoms with Crippen LogP contribution in [0.2, 0.25) is 0 Å². The van der Waals surface area contributed by atoms with E-state index in [2.05, 4.69) is 5.32 Å². The summed E-state index contributed by atoms with van der Waals surface area (Å²) in [7, 11) is 1.62. The van der Waals surface area contributed by atoms with Gasteiger partial charge < -0.3 is 10.1 Å². The molecular weight excluding hydrogens is 214 g/mol. The summed E-state index contributed by atoms with van der Waals surface area (Å²) in [6.45, 7) is 1.97. The standard InChI is InChI=1S/C14H19NO2/c1-17-13-6-2-4-12(10-13)14(16)11-5-3-8-15-9-7-11/h2,4,6,10-11,15H,3,5,7-9H2,1H3. The van der Waals surface area contributed by atoms with Gasteiger partial charge in [-0.05, 0) is 44.5 Å². The van der Waals surface area contributed by atoms with Crippen molar-refractivity contribution in [2.75, 3.05) is 20.2 Å². The van der Waals surface area contributed by atoms with Gasteiger partial charge in [-0.2, -0.15) is 0 Å². The summed E-state index contributed by atoms with van der Waals surface area (Å²) >= 11 is 0. The molecule has 1 atom stereocenters. The fourth-order valence-electron chi connectivity index (χ4n) is 2.29. The molecule has 2 rings (SSSR count). The quantitative estimate of drug-likeness (QED) is 0.814. The van der Waals surface area contributed by atoms with E-state index in [1.807, 2.05) is 24.3 Å². The van der Waals surface area contributed by atoms with Gasteiger partial charge in [-0.3, -0.25) is 4.79 Å². The average molecular weight is 233 g/mol. The fraction of sp³-hybridized carbons (Fsp3) is 0.500. The molecule has 0 saturated carbocycles. The summed E-state index contributed by atoms with van der Waals surface area (Å²) in [6.07, 6.45) is 3.01. The maximum absolute atomic E-state index is 12.3. The molecule has 1 aromatic carbocycles. The van der Waals surface area contributed by atoms with Gasteiger partial charge in [-0.25, -0.2) is 0 Å². The Kier molecular flexibility index (Phi) is 4.15. The first kappa shape index (κ1) is 12.1. The highest BCUT2D eigenvalue weighted by atomic mass is 16.5. The van der Waals surface area contributed by atoms with Crippen LogP contribution in [0.1, 0.15) is 29.6 Å². The number of hydrogen-bond donors (Lipinski definition) is 1. The molecule has 1 heterocycles. The molecule has 1 saturated heterocycles. The van der Waals surface area contributed by atoms with Gasteiger partial charge in [0.2, 0.25) is 0 Å². The van der Waals surface area contributed by atoms with Crippen LogP contribution >= 0.6 is 0 Å². The molecule has 1 aromatic rings. The number of rotatable bonds is 3. The number of nitrogens with one attached hydrogen (secondary N) is 1. The van der Waals surface area contributed by atoms with Gasteiger partial charge in [0.05, 0.1) is 7.11 Å². The minimum Gasteiger partial charge on any atom is -0.497 e. The molecule has 0 aliphatic carbocycles. The maximum atomic E-state index is 12.3. The molecule has 1 aliphatic rings. The molecule has 0 amide bonds.